The molecule has 6 aliphatic heterocycles. The lowest BCUT2D eigenvalue weighted by molar-refractivity contribution is -0.382. The van der Waals surface area contributed by atoms with Crippen LogP contribution in [0.4, 0.5) is 0 Å². The highest BCUT2D eigenvalue weighted by Gasteiger charge is 2.64. The van der Waals surface area contributed by atoms with E-state index in [4.69, 9.17) is 156 Å². The van der Waals surface area contributed by atoms with Crippen LogP contribution in [0.15, 0.2) is 0 Å². The number of hydrogen-bond acceptors (Lipinski definition) is 55. The van der Waals surface area contributed by atoms with Gasteiger partial charge in [-0.3, -0.25) is 101 Å². The van der Waals surface area contributed by atoms with E-state index in [9.17, 15) is 106 Å². The predicted octanol–water partition coefficient (Wildman–Crippen LogP) is -3.38. The third kappa shape index (κ3) is 35.4. The summed E-state index contributed by atoms with van der Waals surface area (Å²) < 4.78 is 195. The fourth-order valence-electron chi connectivity index (χ4n) is 14.8. The van der Waals surface area contributed by atoms with Crippen molar-refractivity contribution in [2.24, 2.45) is 0 Å². The summed E-state index contributed by atoms with van der Waals surface area (Å²) >= 11 is 0. The summed E-state index contributed by atoms with van der Waals surface area (Å²) in [4.78, 5) is 277. The Kier molecular flexibility index (Phi) is 44.4. The second-order valence-electron chi connectivity index (χ2n) is 30.9. The molecule has 0 unspecified atom stereocenters. The van der Waals surface area contributed by atoms with Gasteiger partial charge in [-0.05, 0) is 0 Å². The zero-order valence-corrected chi connectivity index (χ0v) is 78.1. The summed E-state index contributed by atoms with van der Waals surface area (Å²) in [6.07, 6.45) is -69.5. The minimum atomic E-state index is -2.56. The van der Waals surface area contributed by atoms with Gasteiger partial charge in [-0.2, -0.15) is 0 Å². The van der Waals surface area contributed by atoms with Crippen LogP contribution in [0.2, 0.25) is 0 Å². The van der Waals surface area contributed by atoms with Gasteiger partial charge in [0, 0.05) is 145 Å². The molecule has 55 nitrogen and oxygen atoms in total. The van der Waals surface area contributed by atoms with Crippen molar-refractivity contribution in [2.75, 3.05) is 52.9 Å². The molecule has 6 aliphatic rings. The molecule has 0 saturated carbocycles. The lowest BCUT2D eigenvalue weighted by Gasteiger charge is -2.50. The number of carbonyl (C=O) groups excluding carboxylic acids is 21. The van der Waals surface area contributed by atoms with E-state index in [1.807, 2.05) is 0 Å². The Labute approximate surface area is 779 Å². The average Bonchev–Trinajstić information content (AvgIpc) is 0.767. The summed E-state index contributed by atoms with van der Waals surface area (Å²) in [6, 6.07) is 0. The van der Waals surface area contributed by atoms with Crippen molar-refractivity contribution in [2.45, 2.75) is 342 Å². The van der Waals surface area contributed by atoms with Crippen molar-refractivity contribution in [1.29, 1.82) is 0 Å². The number of rotatable bonds is 42. The van der Waals surface area contributed by atoms with Gasteiger partial charge in [0.2, 0.25) is 0 Å². The van der Waals surface area contributed by atoms with Crippen molar-refractivity contribution in [3.05, 3.63) is 0 Å². The standard InChI is InChI=1S/C82H112O55/c1-30(84)105-24-53-59(112-36(7)90)65(115-39(10)93)74(124-48(19)102)80(132-53)135-62-56(27-108-33(4)87)129-77(71(121-45(16)99)68(62)118-42(13)96)111-23-52(128-79-73(123-47(18)101)70(120-44(15)98)64(58(131-79)29-110-35(6)89)137-82-76(126-50(21)104)67(117-41(12)95)61(114-38(9)92)55(134-82)26-107-32(3)86)51(22-83)127-78-72(122-46(17)100)69(119-43(14)97)63(57(130-78)28-109-34(5)88)136-81-75(125-49(20)103)66(116-40(11)94)60(113-37(8)91)54(133-81)25-106-31(2)85/h51-83H,22-29H2,1-21H3/t51-,52-,53-,54-,55-,56-,57-,58-,59+,60+,61+,62-,63-,64-,65+,66+,67+,68+,69+,70+,71-,72-,73-,74-,75-,76-,77-,78-,79-,80+,81+,82+/m1/s1. The molecule has 32 atom stereocenters. The smallest absolute Gasteiger partial charge is 0.303 e. The highest BCUT2D eigenvalue weighted by Crippen LogP contribution is 2.42. The van der Waals surface area contributed by atoms with E-state index in [1.165, 1.54) is 0 Å². The largest absolute Gasteiger partial charge is 0.463 e. The second kappa shape index (κ2) is 53.3. The van der Waals surface area contributed by atoms with Gasteiger partial charge in [0.25, 0.3) is 0 Å². The van der Waals surface area contributed by atoms with Gasteiger partial charge in [-0.1, -0.05) is 0 Å². The first-order valence-electron chi connectivity index (χ1n) is 42.0. The topological polar surface area (TPSA) is 683 Å². The summed E-state index contributed by atoms with van der Waals surface area (Å²) in [7, 11) is 0. The third-order valence-electron chi connectivity index (χ3n) is 19.3. The first kappa shape index (κ1) is 114. The fourth-order valence-corrected chi connectivity index (χ4v) is 14.8. The maximum atomic E-state index is 13.9. The minimum Gasteiger partial charge on any atom is -0.463 e. The molecule has 0 aromatic heterocycles. The molecular weight excluding hydrogens is 1860 g/mol. The van der Waals surface area contributed by atoms with Crippen molar-refractivity contribution in [3.8, 4) is 0 Å². The molecule has 0 radical (unpaired) electrons. The summed E-state index contributed by atoms with van der Waals surface area (Å²) in [5.74, 6) is -24.3. The first-order chi connectivity index (χ1) is 64.1. The number of aliphatic hydroxyl groups excluding tert-OH is 1. The molecule has 0 spiro atoms. The number of carbonyl (C=O) groups is 21. The second-order valence-corrected chi connectivity index (χ2v) is 30.9. The first-order valence-corrected chi connectivity index (χ1v) is 42.0. The molecule has 6 heterocycles. The highest BCUT2D eigenvalue weighted by atomic mass is 16.8. The van der Waals surface area contributed by atoms with Crippen molar-refractivity contribution in [1.82, 2.24) is 0 Å². The lowest BCUT2D eigenvalue weighted by atomic mass is 9.95. The molecular formula is C82H112O55. The Hall–Kier alpha value is -11.6. The van der Waals surface area contributed by atoms with Crippen LogP contribution in [0.25, 0.3) is 0 Å². The van der Waals surface area contributed by atoms with E-state index in [-0.39, 0.29) is 0 Å². The Bertz CT molecular complexity index is 4280. The molecule has 0 bridgehead atoms. The average molecular weight is 1980 g/mol. The van der Waals surface area contributed by atoms with Crippen LogP contribution in [0.3, 0.4) is 0 Å². The molecule has 0 aliphatic carbocycles. The Morgan fingerprint density at radius 1 is 0.190 bits per heavy atom. The molecule has 0 amide bonds. The monoisotopic (exact) mass is 1980 g/mol. The van der Waals surface area contributed by atoms with Gasteiger partial charge >= 0.3 is 125 Å². The highest BCUT2D eigenvalue weighted by molar-refractivity contribution is 5.74. The molecule has 137 heavy (non-hydrogen) atoms. The quantitative estimate of drug-likeness (QED) is 0.0460. The normalized spacial score (nSPS) is 31.5. The van der Waals surface area contributed by atoms with Crippen LogP contribution >= 0.6 is 0 Å². The summed E-state index contributed by atoms with van der Waals surface area (Å²) in [5, 5.41) is 12.2. The van der Waals surface area contributed by atoms with Crippen LogP contribution in [0.5, 0.6) is 0 Å². The van der Waals surface area contributed by atoms with Crippen LogP contribution < -0.4 is 0 Å². The zero-order chi connectivity index (χ0) is 103. The SMILES string of the molecule is CC(=O)OC[C@H]1O[C@@H](O[C@H]2[C@H](OC(C)=O)[C@@H](OC(C)=O)[C@H](OC[C@@H](O[C@@H]3O[C@H](COC(C)=O)[C@@H](O[C@@H]4O[C@H](COC(C)=O)[C@H](OC(C)=O)[C@H](OC(C)=O)[C@H]4OC(C)=O)[C@H](OC(C)=O)[C@H]3OC(C)=O)[C@@H](CO)O[C@@H]3O[C@H](COC(C)=O)[C@@H](O[C@@H]4O[C@H](COC(C)=O)[C@H](OC(C)=O)[C@H](OC(C)=O)[C@H]4OC(C)=O)[C@H](OC(C)=O)[C@H]3OC(C)=O)O[C@@H]2COC(C)=O)[C@H](OC(C)=O)[C@@H](OC(C)=O)[C@H]1OC(C)=O. The van der Waals surface area contributed by atoms with Crippen molar-refractivity contribution in [3.63, 3.8) is 0 Å². The number of ether oxygens (including phenoxy) is 33. The van der Waals surface area contributed by atoms with Crippen LogP contribution in [-0.4, -0.2) is 380 Å². The Morgan fingerprint density at radius 3 is 0.540 bits per heavy atom. The van der Waals surface area contributed by atoms with Gasteiger partial charge in [0.1, 0.15) is 107 Å². The summed E-state index contributed by atoms with van der Waals surface area (Å²) in [5.41, 5.74) is 0. The van der Waals surface area contributed by atoms with E-state index in [1.54, 1.807) is 0 Å². The zero-order valence-electron chi connectivity index (χ0n) is 78.1. The Balaban J connectivity index is 1.69. The fraction of sp³-hybridized carbons (Fsp3) is 0.744. The molecule has 0 aromatic carbocycles. The molecule has 55 heteroatoms. The molecule has 1 N–H and O–H groups in total. The van der Waals surface area contributed by atoms with E-state index >= 15 is 0 Å². The van der Waals surface area contributed by atoms with Gasteiger partial charge < -0.3 is 161 Å². The van der Waals surface area contributed by atoms with Gasteiger partial charge in [0.15, 0.2) is 129 Å². The van der Waals surface area contributed by atoms with E-state index in [0.717, 1.165) is 145 Å². The van der Waals surface area contributed by atoms with Crippen LogP contribution in [0, 0.1) is 0 Å². The van der Waals surface area contributed by atoms with Gasteiger partial charge in [0.05, 0.1) is 13.2 Å². The molecule has 6 fully saturated rings. The van der Waals surface area contributed by atoms with E-state index in [0.29, 0.717) is 0 Å². The van der Waals surface area contributed by atoms with Crippen molar-refractivity contribution < 1.29 is 262 Å². The van der Waals surface area contributed by atoms with Crippen LogP contribution in [0.1, 0.15) is 145 Å². The third-order valence-corrected chi connectivity index (χ3v) is 19.3. The summed E-state index contributed by atoms with van der Waals surface area (Å²) in [6.45, 7) is 9.28. The van der Waals surface area contributed by atoms with E-state index in [2.05, 4.69) is 0 Å². The maximum absolute atomic E-state index is 13.9. The van der Waals surface area contributed by atoms with Crippen LogP contribution in [-0.2, 0) is 257 Å². The van der Waals surface area contributed by atoms with Crippen molar-refractivity contribution >= 4 is 125 Å². The molecule has 6 saturated heterocycles. The number of aliphatic hydroxyl groups is 1. The minimum absolute atomic E-state index is 0.769. The van der Waals surface area contributed by atoms with Gasteiger partial charge in [-0.25, -0.2) is 0 Å². The Morgan fingerprint density at radius 2 is 0.343 bits per heavy atom. The van der Waals surface area contributed by atoms with Gasteiger partial charge in [-0.15, -0.1) is 0 Å². The number of hydrogen-bond donors (Lipinski definition) is 1. The predicted molar refractivity (Wildman–Crippen MR) is 422 cm³/mol. The molecule has 6 rings (SSSR count). The molecule has 770 valence electrons. The lowest BCUT2D eigenvalue weighted by Crippen LogP contribution is -2.68. The number of esters is 21. The van der Waals surface area contributed by atoms with E-state index < -0.39 is 375 Å². The maximum Gasteiger partial charge on any atom is 0.303 e. The molecule has 0 aromatic rings.